The van der Waals surface area contributed by atoms with E-state index in [9.17, 15) is 5.11 Å². The van der Waals surface area contributed by atoms with Crippen molar-refractivity contribution in [2.45, 2.75) is 44.6 Å². The molecule has 106 valence electrons. The molecule has 1 N–H and O–H groups in total. The van der Waals surface area contributed by atoms with Gasteiger partial charge in [-0.2, -0.15) is 0 Å². The Balaban J connectivity index is 1.99. The van der Waals surface area contributed by atoms with Crippen LogP contribution >= 0.6 is 0 Å². The van der Waals surface area contributed by atoms with Crippen LogP contribution in [0.5, 0.6) is 5.75 Å². The molecule has 3 aliphatic rings. The Kier molecular flexibility index (Phi) is 2.42. The van der Waals surface area contributed by atoms with E-state index in [1.54, 1.807) is 0 Å². The smallest absolute Gasteiger partial charge is 0.115 e. The predicted octanol–water partition coefficient (Wildman–Crippen LogP) is 3.42. The summed E-state index contributed by atoms with van der Waals surface area (Å²) in [6.07, 6.45) is 3.67. The zero-order valence-corrected chi connectivity index (χ0v) is 12.6. The molecule has 1 aromatic carbocycles. The van der Waals surface area contributed by atoms with Crippen LogP contribution in [0.25, 0.3) is 0 Å². The fourth-order valence-corrected chi connectivity index (χ4v) is 4.93. The van der Waals surface area contributed by atoms with E-state index in [1.807, 2.05) is 12.1 Å². The minimum atomic E-state index is 0.213. The van der Waals surface area contributed by atoms with Crippen molar-refractivity contribution in [3.63, 3.8) is 0 Å². The third kappa shape index (κ3) is 1.43. The van der Waals surface area contributed by atoms with E-state index >= 15 is 0 Å². The second-order valence-corrected chi connectivity index (χ2v) is 7.23. The molecule has 2 bridgehead atoms. The third-order valence-electron chi connectivity index (χ3n) is 6.15. The molecule has 20 heavy (non-hydrogen) atoms. The second kappa shape index (κ2) is 3.88. The van der Waals surface area contributed by atoms with Crippen molar-refractivity contribution in [1.82, 2.24) is 4.90 Å². The summed E-state index contributed by atoms with van der Waals surface area (Å²) >= 11 is 0. The van der Waals surface area contributed by atoms with Gasteiger partial charge in [-0.1, -0.05) is 31.6 Å². The fraction of sp³-hybridized carbons (Fsp3) is 0.556. The van der Waals surface area contributed by atoms with E-state index in [4.69, 9.17) is 0 Å². The lowest BCUT2D eigenvalue weighted by Gasteiger charge is -2.58. The predicted molar refractivity (Wildman–Crippen MR) is 81.1 cm³/mol. The van der Waals surface area contributed by atoms with Crippen molar-refractivity contribution in [2.75, 3.05) is 13.1 Å². The van der Waals surface area contributed by atoms with E-state index in [1.165, 1.54) is 29.7 Å². The van der Waals surface area contributed by atoms with Gasteiger partial charge < -0.3 is 5.11 Å². The summed E-state index contributed by atoms with van der Waals surface area (Å²) in [7, 11) is 0. The molecule has 4 rings (SSSR count). The number of hydrogen-bond donors (Lipinski definition) is 1. The first-order chi connectivity index (χ1) is 9.50. The molecule has 2 heteroatoms. The molecular weight excluding hydrogens is 246 g/mol. The lowest BCUT2D eigenvalue weighted by Crippen LogP contribution is -2.60. The maximum Gasteiger partial charge on any atom is 0.115 e. The molecule has 2 nitrogen and oxygen atoms in total. The fourth-order valence-electron chi connectivity index (χ4n) is 4.93. The summed E-state index contributed by atoms with van der Waals surface area (Å²) in [5.74, 6) is 1.55. The molecule has 1 aliphatic carbocycles. The largest absolute Gasteiger partial charge is 0.508 e. The van der Waals surface area contributed by atoms with Gasteiger partial charge in [0.1, 0.15) is 5.75 Å². The molecule has 0 radical (unpaired) electrons. The summed E-state index contributed by atoms with van der Waals surface area (Å²) in [5.41, 5.74) is 4.53. The maximum atomic E-state index is 9.94. The number of nitrogens with zero attached hydrogens (tertiary/aromatic N) is 1. The van der Waals surface area contributed by atoms with Crippen molar-refractivity contribution in [3.8, 4) is 5.75 Å². The molecule has 1 saturated heterocycles. The van der Waals surface area contributed by atoms with Crippen molar-refractivity contribution in [2.24, 2.45) is 5.92 Å². The SMILES string of the molecule is CC1=CC2c3ccc(O)cc3C3(C)CCN(C1)C2C3C. The molecule has 0 saturated carbocycles. The maximum absolute atomic E-state index is 9.94. The van der Waals surface area contributed by atoms with Gasteiger partial charge >= 0.3 is 0 Å². The Hall–Kier alpha value is -1.28. The van der Waals surface area contributed by atoms with Crippen LogP contribution in [0.4, 0.5) is 0 Å². The monoisotopic (exact) mass is 269 g/mol. The number of rotatable bonds is 0. The Morgan fingerprint density at radius 2 is 2.15 bits per heavy atom. The minimum absolute atomic E-state index is 0.213. The van der Waals surface area contributed by atoms with Crippen LogP contribution in [0.2, 0.25) is 0 Å². The summed E-state index contributed by atoms with van der Waals surface area (Å²) in [6.45, 7) is 9.38. The number of phenolic OH excluding ortho intramolecular Hbond substituents is 1. The Morgan fingerprint density at radius 3 is 2.95 bits per heavy atom. The summed E-state index contributed by atoms with van der Waals surface area (Å²) in [6, 6.07) is 6.67. The van der Waals surface area contributed by atoms with Crippen LogP contribution < -0.4 is 0 Å². The molecule has 0 spiro atoms. The summed E-state index contributed by atoms with van der Waals surface area (Å²) in [4.78, 5) is 2.68. The van der Waals surface area contributed by atoms with Crippen molar-refractivity contribution >= 4 is 0 Å². The van der Waals surface area contributed by atoms with Crippen LogP contribution in [-0.4, -0.2) is 29.1 Å². The number of hydrogen-bond acceptors (Lipinski definition) is 2. The average Bonchev–Trinajstić information content (AvgIpc) is 2.41. The van der Waals surface area contributed by atoms with Crippen LogP contribution in [-0.2, 0) is 5.41 Å². The number of aromatic hydroxyl groups is 1. The van der Waals surface area contributed by atoms with Gasteiger partial charge in [0.15, 0.2) is 0 Å². The van der Waals surface area contributed by atoms with E-state index < -0.39 is 0 Å². The van der Waals surface area contributed by atoms with Crippen molar-refractivity contribution < 1.29 is 5.11 Å². The highest BCUT2D eigenvalue weighted by Gasteiger charge is 2.52. The highest BCUT2D eigenvalue weighted by atomic mass is 16.3. The van der Waals surface area contributed by atoms with Gasteiger partial charge in [-0.05, 0) is 54.5 Å². The first-order valence-corrected chi connectivity index (χ1v) is 7.75. The first-order valence-electron chi connectivity index (χ1n) is 7.75. The molecule has 0 aromatic heterocycles. The van der Waals surface area contributed by atoms with Gasteiger partial charge in [0.05, 0.1) is 0 Å². The van der Waals surface area contributed by atoms with Gasteiger partial charge in [-0.15, -0.1) is 0 Å². The normalized spacial score (nSPS) is 39.1. The van der Waals surface area contributed by atoms with Crippen molar-refractivity contribution in [3.05, 3.63) is 41.0 Å². The standard InChI is InChI=1S/C18H23NO/c1-11-8-15-14-5-4-13(20)9-16(14)18(3)6-7-19(10-11)17(15)12(18)2/h4-5,8-9,12,15,17,20H,6-7,10H2,1-3H3. The van der Waals surface area contributed by atoms with Crippen LogP contribution in [0.1, 0.15) is 44.2 Å². The van der Waals surface area contributed by atoms with Crippen LogP contribution in [0.3, 0.4) is 0 Å². The van der Waals surface area contributed by atoms with E-state index in [2.05, 4.69) is 37.8 Å². The lowest BCUT2D eigenvalue weighted by molar-refractivity contribution is 0.0220. The Labute approximate surface area is 121 Å². The van der Waals surface area contributed by atoms with E-state index in [-0.39, 0.29) is 5.41 Å². The topological polar surface area (TPSA) is 23.5 Å². The minimum Gasteiger partial charge on any atom is -0.508 e. The quantitative estimate of drug-likeness (QED) is 0.730. The number of benzene rings is 1. The van der Waals surface area contributed by atoms with Gasteiger partial charge in [-0.3, -0.25) is 4.90 Å². The molecule has 0 amide bonds. The average molecular weight is 269 g/mol. The number of fused-ring (bicyclic) bond motifs is 4. The van der Waals surface area contributed by atoms with Crippen LogP contribution in [0.15, 0.2) is 29.8 Å². The highest BCUT2D eigenvalue weighted by Crippen LogP contribution is 2.55. The first kappa shape index (κ1) is 12.5. The molecule has 2 heterocycles. The number of piperidine rings is 1. The van der Waals surface area contributed by atoms with E-state index in [0.717, 1.165) is 6.54 Å². The second-order valence-electron chi connectivity index (χ2n) is 7.23. The Bertz CT molecular complexity index is 605. The molecule has 2 aliphatic heterocycles. The highest BCUT2D eigenvalue weighted by molar-refractivity contribution is 5.49. The van der Waals surface area contributed by atoms with Gasteiger partial charge in [0, 0.05) is 18.5 Å². The van der Waals surface area contributed by atoms with Crippen molar-refractivity contribution in [1.29, 1.82) is 0 Å². The van der Waals surface area contributed by atoms with E-state index in [0.29, 0.717) is 23.6 Å². The zero-order valence-electron chi connectivity index (χ0n) is 12.6. The lowest BCUT2D eigenvalue weighted by atomic mass is 9.55. The molecule has 1 aromatic rings. The molecule has 4 atom stereocenters. The molecular formula is C18H23NO. The zero-order chi connectivity index (χ0) is 14.1. The van der Waals surface area contributed by atoms with Gasteiger partial charge in [0.2, 0.25) is 0 Å². The van der Waals surface area contributed by atoms with Crippen LogP contribution in [0, 0.1) is 5.92 Å². The van der Waals surface area contributed by atoms with Gasteiger partial charge in [0.25, 0.3) is 0 Å². The molecule has 1 fully saturated rings. The number of phenols is 1. The van der Waals surface area contributed by atoms with Gasteiger partial charge in [-0.25, -0.2) is 0 Å². The third-order valence-corrected chi connectivity index (χ3v) is 6.15. The molecule has 4 unspecified atom stereocenters. The summed E-state index contributed by atoms with van der Waals surface area (Å²) < 4.78 is 0. The Morgan fingerprint density at radius 1 is 1.35 bits per heavy atom. The summed E-state index contributed by atoms with van der Waals surface area (Å²) in [5, 5.41) is 9.94.